The number of hydrogen-bond donors (Lipinski definition) is 0. The molecule has 0 aliphatic rings. The average molecular weight is 272 g/mol. The van der Waals surface area contributed by atoms with E-state index in [9.17, 15) is 22.8 Å². The van der Waals surface area contributed by atoms with Crippen LogP contribution >= 0.6 is 0 Å². The van der Waals surface area contributed by atoms with Crippen LogP contribution in [0.2, 0.25) is 0 Å². The number of hydrogen-bond acceptors (Lipinski definition) is 3. The van der Waals surface area contributed by atoms with E-state index in [-0.39, 0.29) is 17.7 Å². The predicted molar refractivity (Wildman–Crippen MR) is 61.9 cm³/mol. The highest BCUT2D eigenvalue weighted by Crippen LogP contribution is 2.27. The van der Waals surface area contributed by atoms with Crippen molar-refractivity contribution in [3.8, 4) is 0 Å². The number of rotatable bonds is 4. The Labute approximate surface area is 107 Å². The molecule has 0 unspecified atom stereocenters. The Morgan fingerprint density at radius 2 is 1.63 bits per heavy atom. The number of alkyl halides is 3. The number of benzene rings is 1. The van der Waals surface area contributed by atoms with Crippen LogP contribution in [0, 0.1) is 0 Å². The minimum atomic E-state index is -4.77. The number of ether oxygens (including phenoxy) is 1. The first-order valence-corrected chi connectivity index (χ1v) is 5.35. The molecule has 0 N–H and O–H groups in total. The number of allylic oxidation sites excluding steroid dienone is 1. The van der Waals surface area contributed by atoms with E-state index >= 15 is 0 Å². The van der Waals surface area contributed by atoms with Gasteiger partial charge in [0.05, 0.1) is 17.7 Å². The second kappa shape index (κ2) is 5.69. The Kier molecular flexibility index (Phi) is 4.47. The van der Waals surface area contributed by atoms with Crippen molar-refractivity contribution >= 4 is 11.8 Å². The zero-order valence-electron chi connectivity index (χ0n) is 10.1. The SMILES string of the molecule is C=C(C(=O)c1ccc(C(=O)OCC)cc1)C(F)(F)F. The van der Waals surface area contributed by atoms with Crippen LogP contribution in [0.15, 0.2) is 36.4 Å². The molecule has 0 aromatic heterocycles. The molecule has 1 aromatic carbocycles. The number of halogens is 3. The van der Waals surface area contributed by atoms with Gasteiger partial charge in [-0.25, -0.2) is 4.79 Å². The molecular weight excluding hydrogens is 261 g/mol. The van der Waals surface area contributed by atoms with Gasteiger partial charge in [-0.1, -0.05) is 18.7 Å². The quantitative estimate of drug-likeness (QED) is 0.480. The van der Waals surface area contributed by atoms with Crippen molar-refractivity contribution in [1.82, 2.24) is 0 Å². The first-order chi connectivity index (χ1) is 8.77. The van der Waals surface area contributed by atoms with Gasteiger partial charge in [-0.15, -0.1) is 0 Å². The van der Waals surface area contributed by atoms with Gasteiger partial charge < -0.3 is 4.74 Å². The van der Waals surface area contributed by atoms with Gasteiger partial charge in [-0.2, -0.15) is 13.2 Å². The Balaban J connectivity index is 2.91. The molecule has 0 spiro atoms. The maximum absolute atomic E-state index is 12.3. The molecule has 3 nitrogen and oxygen atoms in total. The van der Waals surface area contributed by atoms with Crippen LogP contribution in [0.4, 0.5) is 13.2 Å². The van der Waals surface area contributed by atoms with Crippen molar-refractivity contribution in [2.75, 3.05) is 6.61 Å². The third kappa shape index (κ3) is 3.67. The van der Waals surface area contributed by atoms with E-state index in [2.05, 4.69) is 6.58 Å². The van der Waals surface area contributed by atoms with Gasteiger partial charge in [-0.05, 0) is 19.1 Å². The molecule has 6 heteroatoms. The Hall–Kier alpha value is -2.11. The monoisotopic (exact) mass is 272 g/mol. The molecule has 102 valence electrons. The maximum atomic E-state index is 12.3. The summed E-state index contributed by atoms with van der Waals surface area (Å²) in [5.74, 6) is -1.82. The molecule has 0 radical (unpaired) electrons. The molecule has 1 rings (SSSR count). The molecule has 19 heavy (non-hydrogen) atoms. The summed E-state index contributed by atoms with van der Waals surface area (Å²) < 4.78 is 41.6. The van der Waals surface area contributed by atoms with E-state index < -0.39 is 23.5 Å². The summed E-state index contributed by atoms with van der Waals surface area (Å²) >= 11 is 0. The van der Waals surface area contributed by atoms with Gasteiger partial charge in [0.15, 0.2) is 5.78 Å². The molecule has 0 saturated carbocycles. The van der Waals surface area contributed by atoms with E-state index in [1.54, 1.807) is 6.92 Å². The Bertz CT molecular complexity index is 501. The molecule has 0 atom stereocenters. The van der Waals surface area contributed by atoms with Crippen molar-refractivity contribution < 1.29 is 27.5 Å². The van der Waals surface area contributed by atoms with Crippen molar-refractivity contribution in [2.24, 2.45) is 0 Å². The summed E-state index contributed by atoms with van der Waals surface area (Å²) in [6.07, 6.45) is -4.77. The summed E-state index contributed by atoms with van der Waals surface area (Å²) in [5, 5.41) is 0. The number of ketones is 1. The van der Waals surface area contributed by atoms with Gasteiger partial charge in [0.25, 0.3) is 0 Å². The highest BCUT2D eigenvalue weighted by Gasteiger charge is 2.37. The highest BCUT2D eigenvalue weighted by molar-refractivity contribution is 6.09. The fourth-order valence-electron chi connectivity index (χ4n) is 1.28. The summed E-state index contributed by atoms with van der Waals surface area (Å²) in [6.45, 7) is 4.54. The second-order valence-corrected chi connectivity index (χ2v) is 3.60. The van der Waals surface area contributed by atoms with Crippen molar-refractivity contribution in [1.29, 1.82) is 0 Å². The second-order valence-electron chi connectivity index (χ2n) is 3.60. The minimum absolute atomic E-state index is 0.163. The Morgan fingerprint density at radius 1 is 1.16 bits per heavy atom. The van der Waals surface area contributed by atoms with Gasteiger partial charge in [0.2, 0.25) is 0 Å². The van der Waals surface area contributed by atoms with E-state index in [4.69, 9.17) is 4.74 Å². The summed E-state index contributed by atoms with van der Waals surface area (Å²) in [4.78, 5) is 22.8. The normalized spacial score (nSPS) is 10.9. The minimum Gasteiger partial charge on any atom is -0.462 e. The third-order valence-corrected chi connectivity index (χ3v) is 2.27. The lowest BCUT2D eigenvalue weighted by molar-refractivity contribution is -0.0883. The van der Waals surface area contributed by atoms with E-state index in [1.807, 2.05) is 0 Å². The summed E-state index contributed by atoms with van der Waals surface area (Å²) in [5.41, 5.74) is -1.47. The fraction of sp³-hybridized carbons (Fsp3) is 0.231. The van der Waals surface area contributed by atoms with Crippen molar-refractivity contribution in [3.05, 3.63) is 47.5 Å². The van der Waals surface area contributed by atoms with Crippen LogP contribution < -0.4 is 0 Å². The first kappa shape index (κ1) is 14.9. The van der Waals surface area contributed by atoms with Crippen molar-refractivity contribution in [2.45, 2.75) is 13.1 Å². The lowest BCUT2D eigenvalue weighted by atomic mass is 10.0. The predicted octanol–water partition coefficient (Wildman–Crippen LogP) is 3.16. The molecule has 0 amide bonds. The van der Waals surface area contributed by atoms with Crippen molar-refractivity contribution in [3.63, 3.8) is 0 Å². The van der Waals surface area contributed by atoms with Crippen LogP contribution in [0.25, 0.3) is 0 Å². The molecule has 1 aromatic rings. The first-order valence-electron chi connectivity index (χ1n) is 5.35. The number of esters is 1. The standard InChI is InChI=1S/C13H11F3O3/c1-3-19-12(18)10-6-4-9(5-7-10)11(17)8(2)13(14,15)16/h4-7H,2-3H2,1H3. The number of Topliss-reactive ketones (excluding diaryl/α,β-unsaturated/α-hetero) is 1. The average Bonchev–Trinajstić information content (AvgIpc) is 2.36. The van der Waals surface area contributed by atoms with Gasteiger partial charge in [0.1, 0.15) is 0 Å². The zero-order chi connectivity index (χ0) is 14.6. The van der Waals surface area contributed by atoms with Crippen LogP contribution in [0.1, 0.15) is 27.6 Å². The van der Waals surface area contributed by atoms with Crippen LogP contribution in [0.5, 0.6) is 0 Å². The van der Waals surface area contributed by atoms with Gasteiger partial charge in [0, 0.05) is 5.56 Å². The van der Waals surface area contributed by atoms with E-state index in [1.165, 1.54) is 12.1 Å². The topological polar surface area (TPSA) is 43.4 Å². The molecule has 0 heterocycles. The molecule has 0 aliphatic heterocycles. The maximum Gasteiger partial charge on any atom is 0.419 e. The molecule has 0 saturated heterocycles. The lowest BCUT2D eigenvalue weighted by Gasteiger charge is -2.09. The van der Waals surface area contributed by atoms with E-state index in [0.29, 0.717) is 0 Å². The van der Waals surface area contributed by atoms with Crippen LogP contribution in [-0.2, 0) is 4.74 Å². The molecular formula is C13H11F3O3. The number of carbonyl (C=O) groups is 2. The Morgan fingerprint density at radius 3 is 2.05 bits per heavy atom. The third-order valence-electron chi connectivity index (χ3n) is 2.27. The van der Waals surface area contributed by atoms with Crippen LogP contribution in [-0.4, -0.2) is 24.5 Å². The summed E-state index contributed by atoms with van der Waals surface area (Å²) in [6, 6.07) is 4.72. The van der Waals surface area contributed by atoms with Crippen LogP contribution in [0.3, 0.4) is 0 Å². The van der Waals surface area contributed by atoms with E-state index in [0.717, 1.165) is 12.1 Å². The largest absolute Gasteiger partial charge is 0.462 e. The zero-order valence-corrected chi connectivity index (χ0v) is 10.1. The molecule has 0 bridgehead atoms. The summed E-state index contributed by atoms with van der Waals surface area (Å²) in [7, 11) is 0. The number of carbonyl (C=O) groups excluding carboxylic acids is 2. The van der Waals surface area contributed by atoms with Gasteiger partial charge in [-0.3, -0.25) is 4.79 Å². The molecule has 0 fully saturated rings. The highest BCUT2D eigenvalue weighted by atomic mass is 19.4. The smallest absolute Gasteiger partial charge is 0.419 e. The fourth-order valence-corrected chi connectivity index (χ4v) is 1.28. The van der Waals surface area contributed by atoms with Gasteiger partial charge >= 0.3 is 12.1 Å². The molecule has 0 aliphatic carbocycles. The lowest BCUT2D eigenvalue weighted by Crippen LogP contribution is -2.19.